The maximum Gasteiger partial charge on any atom is 0.171 e. The lowest BCUT2D eigenvalue weighted by Crippen LogP contribution is -2.29. The highest BCUT2D eigenvalue weighted by Gasteiger charge is 2.26. The molecule has 0 aliphatic carbocycles. The van der Waals surface area contributed by atoms with Crippen LogP contribution >= 0.6 is 0 Å². The van der Waals surface area contributed by atoms with E-state index in [1.165, 1.54) is 0 Å². The normalized spacial score (nSPS) is 17.4. The number of hydrogen-bond donors (Lipinski definition) is 2. The number of hydrogen-bond acceptors (Lipinski definition) is 3. The Morgan fingerprint density at radius 1 is 1.11 bits per heavy atom. The molecule has 1 aliphatic heterocycles. The number of ketones is 1. The monoisotopic (exact) mass is 253 g/mol. The molecule has 0 spiro atoms. The minimum Gasteiger partial charge on any atom is -0.507 e. The Labute approximate surface area is 111 Å². The van der Waals surface area contributed by atoms with Gasteiger partial charge in [0.25, 0.3) is 0 Å². The summed E-state index contributed by atoms with van der Waals surface area (Å²) in [6.07, 6.45) is 0.719. The predicted octanol–water partition coefficient (Wildman–Crippen LogP) is 2.86. The van der Waals surface area contributed by atoms with Crippen molar-refractivity contribution in [2.24, 2.45) is 5.92 Å². The molecule has 0 amide bonds. The number of fused-ring (bicyclic) bond motifs is 1. The van der Waals surface area contributed by atoms with Crippen molar-refractivity contribution in [1.82, 2.24) is 0 Å². The smallest absolute Gasteiger partial charge is 0.171 e. The number of aromatic hydroxyl groups is 1. The van der Waals surface area contributed by atoms with Gasteiger partial charge >= 0.3 is 0 Å². The van der Waals surface area contributed by atoms with Crippen LogP contribution in [0.2, 0.25) is 0 Å². The Kier molecular flexibility index (Phi) is 2.95. The largest absolute Gasteiger partial charge is 0.507 e. The van der Waals surface area contributed by atoms with Crippen LogP contribution in [0.1, 0.15) is 15.9 Å². The van der Waals surface area contributed by atoms with E-state index in [-0.39, 0.29) is 17.5 Å². The number of nitrogens with one attached hydrogen (secondary N) is 1. The van der Waals surface area contributed by atoms with Crippen molar-refractivity contribution >= 4 is 11.5 Å². The zero-order valence-corrected chi connectivity index (χ0v) is 10.5. The summed E-state index contributed by atoms with van der Waals surface area (Å²) < 4.78 is 0. The van der Waals surface area contributed by atoms with Crippen molar-refractivity contribution in [3.63, 3.8) is 0 Å². The van der Waals surface area contributed by atoms with Crippen molar-refractivity contribution in [3.8, 4) is 5.75 Å². The Morgan fingerprint density at radius 2 is 1.84 bits per heavy atom. The number of Topliss-reactive ketones (excluding diaryl/α,β-unsaturated/α-hetero) is 1. The molecule has 0 aromatic heterocycles. The van der Waals surface area contributed by atoms with E-state index < -0.39 is 0 Å². The first kappa shape index (κ1) is 11.8. The lowest BCUT2D eigenvalue weighted by molar-refractivity contribution is 0.0921. The number of carbonyl (C=O) groups excluding carboxylic acids is 1. The highest BCUT2D eigenvalue weighted by Crippen LogP contribution is 2.28. The number of benzene rings is 2. The summed E-state index contributed by atoms with van der Waals surface area (Å²) in [6, 6.07) is 14.8. The summed E-state index contributed by atoms with van der Waals surface area (Å²) >= 11 is 0. The van der Waals surface area contributed by atoms with Crippen molar-refractivity contribution in [1.29, 1.82) is 0 Å². The average Bonchev–Trinajstić information content (AvgIpc) is 2.46. The molecule has 19 heavy (non-hydrogen) atoms. The van der Waals surface area contributed by atoms with E-state index in [2.05, 4.69) is 5.32 Å². The third kappa shape index (κ3) is 2.19. The van der Waals surface area contributed by atoms with Crippen molar-refractivity contribution in [2.75, 3.05) is 11.9 Å². The highest BCUT2D eigenvalue weighted by atomic mass is 16.3. The Hall–Kier alpha value is -2.29. The number of anilines is 1. The van der Waals surface area contributed by atoms with E-state index in [0.717, 1.165) is 17.7 Å². The van der Waals surface area contributed by atoms with Crippen LogP contribution in [-0.2, 0) is 6.42 Å². The SMILES string of the molecule is O=C(c1ccccc1O)C1CNc2ccccc2C1. The van der Waals surface area contributed by atoms with Crippen molar-refractivity contribution in [3.05, 3.63) is 59.7 Å². The zero-order chi connectivity index (χ0) is 13.2. The van der Waals surface area contributed by atoms with Crippen LogP contribution < -0.4 is 5.32 Å². The van der Waals surface area contributed by atoms with Gasteiger partial charge in [-0.3, -0.25) is 4.79 Å². The molecule has 0 radical (unpaired) electrons. The third-order valence-corrected chi connectivity index (χ3v) is 3.56. The fourth-order valence-electron chi connectivity index (χ4n) is 2.53. The second-order valence-electron chi connectivity index (χ2n) is 4.82. The molecule has 1 atom stereocenters. The number of phenols is 1. The van der Waals surface area contributed by atoms with E-state index in [1.807, 2.05) is 24.3 Å². The lowest BCUT2D eigenvalue weighted by atomic mass is 9.87. The summed E-state index contributed by atoms with van der Waals surface area (Å²) in [4.78, 5) is 12.4. The molecule has 0 saturated heterocycles. The number of para-hydroxylation sites is 2. The minimum absolute atomic E-state index is 0.0000954. The lowest BCUT2D eigenvalue weighted by Gasteiger charge is -2.25. The van der Waals surface area contributed by atoms with Gasteiger partial charge in [-0.25, -0.2) is 0 Å². The zero-order valence-electron chi connectivity index (χ0n) is 10.5. The molecule has 0 fully saturated rings. The molecule has 96 valence electrons. The van der Waals surface area contributed by atoms with Gasteiger partial charge in [-0.15, -0.1) is 0 Å². The standard InChI is InChI=1S/C16H15NO2/c18-15-8-4-2-6-13(15)16(19)12-9-11-5-1-3-7-14(11)17-10-12/h1-8,12,17-18H,9-10H2. The quantitative estimate of drug-likeness (QED) is 0.809. The van der Waals surface area contributed by atoms with Gasteiger partial charge in [-0.1, -0.05) is 30.3 Å². The van der Waals surface area contributed by atoms with Crippen LogP contribution in [0.4, 0.5) is 5.69 Å². The van der Waals surface area contributed by atoms with Crippen molar-refractivity contribution < 1.29 is 9.90 Å². The third-order valence-electron chi connectivity index (χ3n) is 3.56. The Morgan fingerprint density at radius 3 is 2.68 bits per heavy atom. The molecule has 1 heterocycles. The molecule has 3 rings (SSSR count). The number of phenolic OH excluding ortho intramolecular Hbond substituents is 1. The van der Waals surface area contributed by atoms with Gasteiger partial charge in [-0.05, 0) is 30.2 Å². The first-order chi connectivity index (χ1) is 9.25. The number of carbonyl (C=O) groups is 1. The van der Waals surface area contributed by atoms with Gasteiger partial charge in [0.05, 0.1) is 5.56 Å². The molecular weight excluding hydrogens is 238 g/mol. The molecule has 0 saturated carbocycles. The average molecular weight is 253 g/mol. The van der Waals surface area contributed by atoms with Crippen LogP contribution in [0.15, 0.2) is 48.5 Å². The highest BCUT2D eigenvalue weighted by molar-refractivity contribution is 6.01. The van der Waals surface area contributed by atoms with Crippen LogP contribution in [0.3, 0.4) is 0 Å². The van der Waals surface area contributed by atoms with E-state index in [4.69, 9.17) is 0 Å². The van der Waals surface area contributed by atoms with E-state index >= 15 is 0 Å². The van der Waals surface area contributed by atoms with Gasteiger partial charge < -0.3 is 10.4 Å². The first-order valence-electron chi connectivity index (χ1n) is 6.39. The van der Waals surface area contributed by atoms with Crippen LogP contribution in [-0.4, -0.2) is 17.4 Å². The second kappa shape index (κ2) is 4.76. The Bertz CT molecular complexity index is 622. The minimum atomic E-state index is -0.122. The molecule has 3 heteroatoms. The van der Waals surface area contributed by atoms with Gasteiger partial charge in [0.2, 0.25) is 0 Å². The van der Waals surface area contributed by atoms with Gasteiger partial charge in [-0.2, -0.15) is 0 Å². The molecule has 0 bridgehead atoms. The summed E-state index contributed by atoms with van der Waals surface area (Å²) in [6.45, 7) is 0.615. The van der Waals surface area contributed by atoms with Crippen LogP contribution in [0.5, 0.6) is 5.75 Å². The molecule has 1 aliphatic rings. The molecule has 2 aromatic rings. The summed E-state index contributed by atoms with van der Waals surface area (Å²) in [7, 11) is 0. The maximum absolute atomic E-state index is 12.4. The van der Waals surface area contributed by atoms with Crippen LogP contribution in [0.25, 0.3) is 0 Å². The van der Waals surface area contributed by atoms with E-state index in [9.17, 15) is 9.90 Å². The van der Waals surface area contributed by atoms with Gasteiger partial charge in [0.1, 0.15) is 5.75 Å². The Balaban J connectivity index is 1.86. The summed E-state index contributed by atoms with van der Waals surface area (Å²) in [5.41, 5.74) is 2.67. The first-order valence-corrected chi connectivity index (χ1v) is 6.39. The van der Waals surface area contributed by atoms with Crippen LogP contribution in [0, 0.1) is 5.92 Å². The molecule has 2 N–H and O–H groups in total. The van der Waals surface area contributed by atoms with Gasteiger partial charge in [0.15, 0.2) is 5.78 Å². The topological polar surface area (TPSA) is 49.3 Å². The van der Waals surface area contributed by atoms with Gasteiger partial charge in [0, 0.05) is 18.2 Å². The summed E-state index contributed by atoms with van der Waals surface area (Å²) in [5, 5.41) is 13.0. The fourth-order valence-corrected chi connectivity index (χ4v) is 2.53. The molecule has 3 nitrogen and oxygen atoms in total. The van der Waals surface area contributed by atoms with E-state index in [0.29, 0.717) is 12.1 Å². The second-order valence-corrected chi connectivity index (χ2v) is 4.82. The molecule has 1 unspecified atom stereocenters. The predicted molar refractivity (Wildman–Crippen MR) is 74.6 cm³/mol. The molecule has 2 aromatic carbocycles. The van der Waals surface area contributed by atoms with Crippen molar-refractivity contribution in [2.45, 2.75) is 6.42 Å². The van der Waals surface area contributed by atoms with E-state index in [1.54, 1.807) is 24.3 Å². The fraction of sp³-hybridized carbons (Fsp3) is 0.188. The number of rotatable bonds is 2. The summed E-state index contributed by atoms with van der Waals surface area (Å²) in [5.74, 6) is -0.0605. The maximum atomic E-state index is 12.4. The molecular formula is C16H15NO2.